The monoisotopic (exact) mass is 377 g/mol. The number of imide groups is 1. The van der Waals surface area contributed by atoms with Crippen LogP contribution < -0.4 is 4.90 Å². The molecular formula is C17H13BrClNO2. The van der Waals surface area contributed by atoms with Gasteiger partial charge in [0.15, 0.2) is 0 Å². The number of hydrogen-bond donors (Lipinski definition) is 0. The zero-order chi connectivity index (χ0) is 15.2. The molecule has 6 atom stereocenters. The molecule has 1 saturated heterocycles. The van der Waals surface area contributed by atoms with E-state index in [0.29, 0.717) is 22.5 Å². The van der Waals surface area contributed by atoms with Gasteiger partial charge in [-0.3, -0.25) is 9.59 Å². The van der Waals surface area contributed by atoms with Crippen LogP contribution in [0.25, 0.3) is 0 Å². The van der Waals surface area contributed by atoms with Crippen molar-refractivity contribution < 1.29 is 9.59 Å². The van der Waals surface area contributed by atoms with Crippen LogP contribution in [-0.4, -0.2) is 11.8 Å². The zero-order valence-electron chi connectivity index (χ0n) is 11.6. The molecule has 5 aliphatic rings. The molecule has 3 fully saturated rings. The Morgan fingerprint density at radius 2 is 1.64 bits per heavy atom. The Balaban J connectivity index is 1.60. The lowest BCUT2D eigenvalue weighted by Crippen LogP contribution is -2.40. The largest absolute Gasteiger partial charge is 0.274 e. The molecule has 5 heteroatoms. The molecule has 3 nitrogen and oxygen atoms in total. The van der Waals surface area contributed by atoms with E-state index in [1.54, 1.807) is 12.1 Å². The maximum Gasteiger partial charge on any atom is 0.238 e. The van der Waals surface area contributed by atoms with Crippen LogP contribution in [0, 0.1) is 35.5 Å². The first-order valence-electron chi connectivity index (χ1n) is 7.59. The van der Waals surface area contributed by atoms with Gasteiger partial charge >= 0.3 is 0 Å². The summed E-state index contributed by atoms with van der Waals surface area (Å²) in [6, 6.07) is 5.29. The molecule has 0 aromatic heterocycles. The fourth-order valence-electron chi connectivity index (χ4n) is 4.86. The molecule has 6 rings (SSSR count). The number of rotatable bonds is 1. The molecule has 0 radical (unpaired) electrons. The Morgan fingerprint density at radius 1 is 1.05 bits per heavy atom. The van der Waals surface area contributed by atoms with Gasteiger partial charge in [0.25, 0.3) is 0 Å². The molecule has 2 saturated carbocycles. The van der Waals surface area contributed by atoms with E-state index in [2.05, 4.69) is 28.1 Å². The number of amides is 2. The van der Waals surface area contributed by atoms with Crippen LogP contribution in [0.5, 0.6) is 0 Å². The van der Waals surface area contributed by atoms with Crippen molar-refractivity contribution in [1.82, 2.24) is 0 Å². The highest BCUT2D eigenvalue weighted by Gasteiger charge is 2.67. The van der Waals surface area contributed by atoms with E-state index in [4.69, 9.17) is 11.6 Å². The quantitative estimate of drug-likeness (QED) is 0.552. The van der Waals surface area contributed by atoms with Gasteiger partial charge in [0.2, 0.25) is 11.8 Å². The fourth-order valence-corrected chi connectivity index (χ4v) is 5.61. The molecule has 1 aromatic rings. The summed E-state index contributed by atoms with van der Waals surface area (Å²) in [6.07, 6.45) is 5.53. The lowest BCUT2D eigenvalue weighted by Gasteiger charge is -2.37. The molecule has 2 bridgehead atoms. The van der Waals surface area contributed by atoms with Gasteiger partial charge in [-0.15, -0.1) is 0 Å². The summed E-state index contributed by atoms with van der Waals surface area (Å²) in [7, 11) is 0. The van der Waals surface area contributed by atoms with Gasteiger partial charge in [-0.2, -0.15) is 0 Å². The number of carbonyl (C=O) groups is 2. The molecule has 0 unspecified atom stereocenters. The van der Waals surface area contributed by atoms with Gasteiger partial charge in [-0.05, 0) is 48.3 Å². The van der Waals surface area contributed by atoms with Crippen molar-refractivity contribution in [2.24, 2.45) is 35.5 Å². The van der Waals surface area contributed by atoms with Crippen LogP contribution in [0.2, 0.25) is 5.02 Å². The summed E-state index contributed by atoms with van der Waals surface area (Å²) in [5.74, 6) is 1.25. The number of halogens is 2. The second-order valence-corrected chi connectivity index (χ2v) is 8.09. The Morgan fingerprint density at radius 3 is 2.18 bits per heavy atom. The standard InChI is InChI=1S/C17H13BrClNO2/c18-7-1-4-13(12(19)5-7)20-16(21)14-8-2-3-9(11-6-10(8)11)15(14)17(20)22/h1-5,8-11,14-15H,6H2/t8-,9-,10-,11-,14+,15+/m0/s1. The van der Waals surface area contributed by atoms with Crippen LogP contribution in [-0.2, 0) is 9.59 Å². The molecular weight excluding hydrogens is 366 g/mol. The molecule has 112 valence electrons. The first kappa shape index (κ1) is 13.3. The summed E-state index contributed by atoms with van der Waals surface area (Å²) >= 11 is 9.63. The van der Waals surface area contributed by atoms with Crippen molar-refractivity contribution in [2.75, 3.05) is 4.90 Å². The molecule has 1 aliphatic heterocycles. The van der Waals surface area contributed by atoms with Gasteiger partial charge in [0.05, 0.1) is 22.5 Å². The topological polar surface area (TPSA) is 37.4 Å². The maximum absolute atomic E-state index is 12.9. The number of hydrogen-bond acceptors (Lipinski definition) is 2. The van der Waals surface area contributed by atoms with Crippen molar-refractivity contribution in [3.8, 4) is 0 Å². The normalized spacial score (nSPS) is 40.9. The van der Waals surface area contributed by atoms with Crippen LogP contribution in [0.15, 0.2) is 34.8 Å². The van der Waals surface area contributed by atoms with E-state index in [1.807, 2.05) is 6.07 Å². The van der Waals surface area contributed by atoms with Crippen LogP contribution in [0.1, 0.15) is 6.42 Å². The second-order valence-electron chi connectivity index (χ2n) is 6.76. The number of nitrogens with zero attached hydrogens (tertiary/aromatic N) is 1. The Kier molecular flexibility index (Phi) is 2.56. The molecule has 1 heterocycles. The minimum absolute atomic E-state index is 0.0658. The van der Waals surface area contributed by atoms with E-state index in [-0.39, 0.29) is 35.5 Å². The smallest absolute Gasteiger partial charge is 0.238 e. The lowest BCUT2D eigenvalue weighted by molar-refractivity contribution is -0.124. The Hall–Kier alpha value is -1.13. The van der Waals surface area contributed by atoms with Gasteiger partial charge in [0, 0.05) is 4.47 Å². The second kappa shape index (κ2) is 4.24. The van der Waals surface area contributed by atoms with Gasteiger partial charge in [-0.25, -0.2) is 4.90 Å². The number of benzene rings is 1. The van der Waals surface area contributed by atoms with Crippen molar-refractivity contribution in [2.45, 2.75) is 6.42 Å². The average molecular weight is 379 g/mol. The van der Waals surface area contributed by atoms with E-state index >= 15 is 0 Å². The van der Waals surface area contributed by atoms with Crippen LogP contribution >= 0.6 is 27.5 Å². The summed E-state index contributed by atoms with van der Waals surface area (Å²) in [5, 5.41) is 0.431. The van der Waals surface area contributed by atoms with E-state index in [9.17, 15) is 9.59 Å². The predicted molar refractivity (Wildman–Crippen MR) is 86.3 cm³/mol. The zero-order valence-corrected chi connectivity index (χ0v) is 13.9. The number of carbonyl (C=O) groups excluding carboxylic acids is 2. The van der Waals surface area contributed by atoms with Crippen molar-refractivity contribution in [1.29, 1.82) is 0 Å². The first-order chi connectivity index (χ1) is 10.6. The molecule has 1 aromatic carbocycles. The molecule has 22 heavy (non-hydrogen) atoms. The number of allylic oxidation sites excluding steroid dienone is 2. The van der Waals surface area contributed by atoms with Gasteiger partial charge < -0.3 is 0 Å². The SMILES string of the molecule is O=C1[C@@H]2[C@H]3C=C[C@@H]([C@@H]4C[C@@H]34)[C@H]2C(=O)N1c1ccc(Br)cc1Cl. The minimum Gasteiger partial charge on any atom is -0.274 e. The summed E-state index contributed by atoms with van der Waals surface area (Å²) in [6.45, 7) is 0. The highest BCUT2D eigenvalue weighted by atomic mass is 79.9. The van der Waals surface area contributed by atoms with Crippen LogP contribution in [0.4, 0.5) is 5.69 Å². The van der Waals surface area contributed by atoms with Crippen molar-refractivity contribution >= 4 is 45.0 Å². The lowest BCUT2D eigenvalue weighted by atomic mass is 9.63. The first-order valence-corrected chi connectivity index (χ1v) is 8.76. The highest BCUT2D eigenvalue weighted by molar-refractivity contribution is 9.10. The van der Waals surface area contributed by atoms with Crippen LogP contribution in [0.3, 0.4) is 0 Å². The molecule has 0 N–H and O–H groups in total. The summed E-state index contributed by atoms with van der Waals surface area (Å²) in [4.78, 5) is 27.2. The third-order valence-electron chi connectivity index (χ3n) is 5.81. The van der Waals surface area contributed by atoms with E-state index in [0.717, 1.165) is 4.47 Å². The van der Waals surface area contributed by atoms with E-state index in [1.165, 1.54) is 11.3 Å². The Labute approximate surface area is 141 Å². The third-order valence-corrected chi connectivity index (χ3v) is 6.61. The fraction of sp³-hybridized carbons (Fsp3) is 0.412. The Bertz CT molecular complexity index is 725. The summed E-state index contributed by atoms with van der Waals surface area (Å²) < 4.78 is 0.834. The third kappa shape index (κ3) is 1.52. The van der Waals surface area contributed by atoms with E-state index < -0.39 is 0 Å². The van der Waals surface area contributed by atoms with Gasteiger partial charge in [0.1, 0.15) is 0 Å². The van der Waals surface area contributed by atoms with Crippen molar-refractivity contribution in [3.05, 3.63) is 39.8 Å². The minimum atomic E-state index is -0.175. The molecule has 4 aliphatic carbocycles. The molecule has 0 spiro atoms. The van der Waals surface area contributed by atoms with Gasteiger partial charge in [-0.1, -0.05) is 39.7 Å². The average Bonchev–Trinajstić information content (AvgIpc) is 3.26. The number of anilines is 1. The predicted octanol–water partition coefficient (Wildman–Crippen LogP) is 3.66. The maximum atomic E-state index is 12.9. The summed E-state index contributed by atoms with van der Waals surface area (Å²) in [5.41, 5.74) is 0.516. The molecule has 2 amide bonds. The van der Waals surface area contributed by atoms with Crippen molar-refractivity contribution in [3.63, 3.8) is 0 Å². The highest BCUT2D eigenvalue weighted by Crippen LogP contribution is 2.65.